The van der Waals surface area contributed by atoms with Crippen molar-refractivity contribution in [3.8, 4) is 107 Å². The molecule has 0 fully saturated rings. The van der Waals surface area contributed by atoms with E-state index in [1.54, 1.807) is 0 Å². The van der Waals surface area contributed by atoms with Crippen LogP contribution in [0.1, 0.15) is 5.56 Å². The number of nitrogens with zero attached hydrogens (tertiary/aromatic N) is 6. The molecule has 3 heterocycles. The van der Waals surface area contributed by atoms with E-state index in [0.717, 1.165) is 127 Å². The van der Waals surface area contributed by atoms with Crippen LogP contribution in [0.4, 0.5) is 0 Å². The van der Waals surface area contributed by atoms with Gasteiger partial charge in [-0.2, -0.15) is 5.26 Å². The second-order valence-corrected chi connectivity index (χ2v) is 20.6. The second-order valence-electron chi connectivity index (χ2n) is 20.6. The number of para-hydroxylation sites is 1. The highest BCUT2D eigenvalue weighted by Crippen LogP contribution is 2.45. The van der Waals surface area contributed by atoms with Gasteiger partial charge in [0.15, 0.2) is 17.5 Å². The molecule has 0 spiro atoms. The predicted molar refractivity (Wildman–Crippen MR) is 337 cm³/mol. The minimum Gasteiger partial charge on any atom is -0.309 e. The highest BCUT2D eigenvalue weighted by atomic mass is 15.0. The smallest absolute Gasteiger partial charge is 0.164 e. The van der Waals surface area contributed by atoms with Crippen LogP contribution in [-0.4, -0.2) is 24.1 Å². The molecule has 82 heavy (non-hydrogen) atoms. The topological polar surface area (TPSA) is 72.3 Å². The van der Waals surface area contributed by atoms with E-state index >= 15 is 0 Å². The number of hydrogen-bond donors (Lipinski definition) is 0. The summed E-state index contributed by atoms with van der Waals surface area (Å²) in [5.74, 6) is 1.70. The molecule has 15 rings (SSSR count). The van der Waals surface area contributed by atoms with Gasteiger partial charge in [0.25, 0.3) is 0 Å². The Morgan fingerprint density at radius 3 is 0.951 bits per heavy atom. The van der Waals surface area contributed by atoms with Crippen LogP contribution in [0.15, 0.2) is 291 Å². The summed E-state index contributed by atoms with van der Waals surface area (Å²) in [6.07, 6.45) is 0. The molecule has 0 amide bonds. The maximum Gasteiger partial charge on any atom is 0.164 e. The molecular weight excluding hydrogens is 997 g/mol. The van der Waals surface area contributed by atoms with Crippen molar-refractivity contribution in [3.63, 3.8) is 0 Å². The van der Waals surface area contributed by atoms with Crippen molar-refractivity contribution in [1.29, 1.82) is 5.26 Å². The third kappa shape index (κ3) is 8.40. The predicted octanol–water partition coefficient (Wildman–Crippen LogP) is 19.3. The van der Waals surface area contributed by atoms with E-state index in [9.17, 15) is 5.26 Å². The lowest BCUT2D eigenvalue weighted by Crippen LogP contribution is -2.05. The summed E-state index contributed by atoms with van der Waals surface area (Å²) < 4.78 is 4.71. The van der Waals surface area contributed by atoms with Gasteiger partial charge in [0, 0.05) is 49.4 Å². The number of rotatable bonds is 10. The minimum absolute atomic E-state index is 0.538. The van der Waals surface area contributed by atoms with Crippen molar-refractivity contribution in [2.45, 2.75) is 0 Å². The van der Waals surface area contributed by atoms with Gasteiger partial charge >= 0.3 is 0 Å². The standard InChI is InChI=1S/C76H48N6/c77-49-61-32-19-33-63(73(61)82-70-42-37-58(52-24-11-3-12-25-52)46-66(70)67-47-59(38-43-71(67)82)53-26-13-4-14-27-53)62-39-34-60(76-79-74(54-28-15-5-16-29-54)78-75(80-76)55-30-17-6-18-31-55)48-72(62)81-68-40-35-56(50-20-7-1-8-21-50)44-64(68)65-45-57(36-41-69(65)81)51-22-9-2-10-23-51/h1-48H. The van der Waals surface area contributed by atoms with Crippen molar-refractivity contribution in [3.05, 3.63) is 297 Å². The largest absolute Gasteiger partial charge is 0.309 e. The van der Waals surface area contributed by atoms with Crippen LogP contribution in [0.2, 0.25) is 0 Å². The molecule has 0 saturated carbocycles. The zero-order chi connectivity index (χ0) is 54.5. The first kappa shape index (κ1) is 47.9. The lowest BCUT2D eigenvalue weighted by Gasteiger charge is -2.20. The Kier molecular flexibility index (Phi) is 11.8. The van der Waals surface area contributed by atoms with Gasteiger partial charge < -0.3 is 9.13 Å². The Hall–Kier alpha value is -11.3. The molecule has 0 aliphatic carbocycles. The van der Waals surface area contributed by atoms with E-state index in [1.165, 1.54) is 0 Å². The Balaban J connectivity index is 1.04. The van der Waals surface area contributed by atoms with E-state index in [0.29, 0.717) is 23.0 Å². The lowest BCUT2D eigenvalue weighted by molar-refractivity contribution is 1.07. The Bertz CT molecular complexity index is 4700. The fraction of sp³-hybridized carbons (Fsp3) is 0. The molecule has 6 heteroatoms. The van der Waals surface area contributed by atoms with E-state index in [-0.39, 0.29) is 0 Å². The fourth-order valence-electron chi connectivity index (χ4n) is 11.9. The van der Waals surface area contributed by atoms with Gasteiger partial charge in [-0.25, -0.2) is 15.0 Å². The summed E-state index contributed by atoms with van der Waals surface area (Å²) in [4.78, 5) is 15.6. The zero-order valence-electron chi connectivity index (χ0n) is 44.4. The average molecular weight is 1050 g/mol. The molecular formula is C76H48N6. The van der Waals surface area contributed by atoms with Gasteiger partial charge in [-0.3, -0.25) is 0 Å². The molecule has 0 saturated heterocycles. The van der Waals surface area contributed by atoms with Crippen molar-refractivity contribution >= 4 is 43.6 Å². The maximum atomic E-state index is 11.4. The molecule has 0 aliphatic rings. The Labute approximate surface area is 474 Å². The Morgan fingerprint density at radius 2 is 0.585 bits per heavy atom. The van der Waals surface area contributed by atoms with Crippen molar-refractivity contribution in [1.82, 2.24) is 24.1 Å². The summed E-state index contributed by atoms with van der Waals surface area (Å²) in [5, 5.41) is 15.8. The number of benzene rings is 12. The number of fused-ring (bicyclic) bond motifs is 6. The fourth-order valence-corrected chi connectivity index (χ4v) is 11.9. The van der Waals surface area contributed by atoms with E-state index in [4.69, 9.17) is 15.0 Å². The van der Waals surface area contributed by atoms with Gasteiger partial charge in [0.2, 0.25) is 0 Å². The first-order valence-corrected chi connectivity index (χ1v) is 27.6. The van der Waals surface area contributed by atoms with E-state index < -0.39 is 0 Å². The van der Waals surface area contributed by atoms with Crippen molar-refractivity contribution in [2.75, 3.05) is 0 Å². The first-order valence-electron chi connectivity index (χ1n) is 27.6. The molecule has 0 atom stereocenters. The van der Waals surface area contributed by atoms with Crippen LogP contribution in [0.5, 0.6) is 0 Å². The molecule has 0 aliphatic heterocycles. The molecule has 0 unspecified atom stereocenters. The van der Waals surface area contributed by atoms with Crippen LogP contribution in [0.25, 0.3) is 145 Å². The van der Waals surface area contributed by atoms with Crippen molar-refractivity contribution in [2.24, 2.45) is 0 Å². The maximum absolute atomic E-state index is 11.4. The van der Waals surface area contributed by atoms with Gasteiger partial charge in [0.05, 0.1) is 39.0 Å². The van der Waals surface area contributed by atoms with Gasteiger partial charge in [-0.15, -0.1) is 0 Å². The third-order valence-corrected chi connectivity index (χ3v) is 15.8. The summed E-state index contributed by atoms with van der Waals surface area (Å²) >= 11 is 0. The third-order valence-electron chi connectivity index (χ3n) is 15.8. The van der Waals surface area contributed by atoms with Gasteiger partial charge in [-0.1, -0.05) is 231 Å². The minimum atomic E-state index is 0.538. The van der Waals surface area contributed by atoms with Crippen LogP contribution >= 0.6 is 0 Å². The molecule has 6 nitrogen and oxygen atoms in total. The molecule has 3 aromatic heterocycles. The van der Waals surface area contributed by atoms with Crippen LogP contribution < -0.4 is 0 Å². The Morgan fingerprint density at radius 1 is 0.256 bits per heavy atom. The number of aromatic nitrogens is 5. The number of nitriles is 1. The highest BCUT2D eigenvalue weighted by molar-refractivity contribution is 6.14. The molecule has 0 radical (unpaired) electrons. The summed E-state index contributed by atoms with van der Waals surface area (Å²) in [6, 6.07) is 105. The molecule has 0 bridgehead atoms. The van der Waals surface area contributed by atoms with E-state index in [2.05, 4.69) is 234 Å². The van der Waals surface area contributed by atoms with Gasteiger partial charge in [-0.05, 0) is 105 Å². The second kappa shape index (κ2) is 20.2. The molecule has 12 aromatic carbocycles. The van der Waals surface area contributed by atoms with Crippen LogP contribution in [0.3, 0.4) is 0 Å². The average Bonchev–Trinajstić information content (AvgIpc) is 3.73. The first-order chi connectivity index (χ1) is 40.6. The lowest BCUT2D eigenvalue weighted by atomic mass is 9.96. The van der Waals surface area contributed by atoms with Gasteiger partial charge in [0.1, 0.15) is 6.07 Å². The highest BCUT2D eigenvalue weighted by Gasteiger charge is 2.25. The summed E-state index contributed by atoms with van der Waals surface area (Å²) in [7, 11) is 0. The summed E-state index contributed by atoms with van der Waals surface area (Å²) in [5.41, 5.74) is 19.7. The number of hydrogen-bond acceptors (Lipinski definition) is 4. The zero-order valence-corrected chi connectivity index (χ0v) is 44.4. The quantitative estimate of drug-likeness (QED) is 0.137. The monoisotopic (exact) mass is 1040 g/mol. The van der Waals surface area contributed by atoms with E-state index in [1.807, 2.05) is 72.8 Å². The summed E-state index contributed by atoms with van der Waals surface area (Å²) in [6.45, 7) is 0. The SMILES string of the molecule is N#Cc1cccc(-c2ccc(-c3nc(-c4ccccc4)nc(-c4ccccc4)n3)cc2-n2c3ccc(-c4ccccc4)cc3c3cc(-c4ccccc4)ccc32)c1-n1c2ccc(-c3ccccc3)cc2c2cc(-c3ccccc3)ccc21. The molecule has 0 N–H and O–H groups in total. The van der Waals surface area contributed by atoms with Crippen molar-refractivity contribution < 1.29 is 0 Å². The normalized spacial score (nSPS) is 11.4. The van der Waals surface area contributed by atoms with Crippen LogP contribution in [0, 0.1) is 11.3 Å². The molecule has 382 valence electrons. The molecule has 15 aromatic rings. The van der Waals surface area contributed by atoms with Crippen LogP contribution in [-0.2, 0) is 0 Å².